The van der Waals surface area contributed by atoms with Gasteiger partial charge in [0.05, 0.1) is 10.5 Å². The average molecular weight is 426 g/mol. The van der Waals surface area contributed by atoms with Crippen molar-refractivity contribution in [2.24, 2.45) is 7.05 Å². The van der Waals surface area contributed by atoms with Crippen LogP contribution in [-0.2, 0) is 17.1 Å². The fourth-order valence-corrected chi connectivity index (χ4v) is 6.35. The van der Waals surface area contributed by atoms with Gasteiger partial charge in [0.15, 0.2) is 0 Å². The van der Waals surface area contributed by atoms with E-state index in [4.69, 9.17) is 0 Å². The highest BCUT2D eigenvalue weighted by Crippen LogP contribution is 2.27. The standard InChI is InChI=1S/C23H27N3O3S/c1-16-13-17(2)22(18(3)14-16)30(28,29)26-11-9-25(10-12-26)23(27)20-15-24(4)21-8-6-5-7-19(20)21/h5-8,13-15H,9-12H2,1-4H3. The van der Waals surface area contributed by atoms with Crippen molar-refractivity contribution in [1.29, 1.82) is 0 Å². The molecule has 0 aliphatic carbocycles. The van der Waals surface area contributed by atoms with Crippen molar-refractivity contribution in [3.63, 3.8) is 0 Å². The van der Waals surface area contributed by atoms with Gasteiger partial charge >= 0.3 is 0 Å². The third-order valence-electron chi connectivity index (χ3n) is 5.86. The number of rotatable bonds is 3. The molecule has 0 saturated carbocycles. The van der Waals surface area contributed by atoms with Crippen LogP contribution in [0.5, 0.6) is 0 Å². The zero-order chi connectivity index (χ0) is 21.6. The number of piperazine rings is 1. The van der Waals surface area contributed by atoms with E-state index in [0.29, 0.717) is 36.6 Å². The number of aromatic nitrogens is 1. The fourth-order valence-electron chi connectivity index (χ4n) is 4.52. The van der Waals surface area contributed by atoms with Crippen LogP contribution < -0.4 is 0 Å². The number of benzene rings is 2. The maximum absolute atomic E-state index is 13.3. The second-order valence-electron chi connectivity index (χ2n) is 8.09. The number of nitrogens with zero attached hydrogens (tertiary/aromatic N) is 3. The maximum atomic E-state index is 13.3. The summed E-state index contributed by atoms with van der Waals surface area (Å²) in [6.45, 7) is 7.00. The van der Waals surface area contributed by atoms with Crippen molar-refractivity contribution >= 4 is 26.8 Å². The highest BCUT2D eigenvalue weighted by molar-refractivity contribution is 7.89. The molecule has 0 radical (unpaired) electrons. The fraction of sp³-hybridized carbons (Fsp3) is 0.348. The highest BCUT2D eigenvalue weighted by atomic mass is 32.2. The summed E-state index contributed by atoms with van der Waals surface area (Å²) in [5.74, 6) is -0.0495. The van der Waals surface area contributed by atoms with Gasteiger partial charge in [0.25, 0.3) is 5.91 Å². The number of carbonyl (C=O) groups is 1. The summed E-state index contributed by atoms with van der Waals surface area (Å²) in [6.07, 6.45) is 1.86. The Labute approximate surface area is 177 Å². The van der Waals surface area contributed by atoms with Crippen LogP contribution in [0.25, 0.3) is 10.9 Å². The van der Waals surface area contributed by atoms with E-state index in [2.05, 4.69) is 0 Å². The van der Waals surface area contributed by atoms with Crippen LogP contribution >= 0.6 is 0 Å². The molecule has 4 rings (SSSR count). The second-order valence-corrected chi connectivity index (χ2v) is 9.97. The lowest BCUT2D eigenvalue weighted by Gasteiger charge is -2.34. The first-order valence-electron chi connectivity index (χ1n) is 10.1. The topological polar surface area (TPSA) is 62.6 Å². The third-order valence-corrected chi connectivity index (χ3v) is 8.06. The summed E-state index contributed by atoms with van der Waals surface area (Å²) >= 11 is 0. The largest absolute Gasteiger partial charge is 0.350 e. The van der Waals surface area contributed by atoms with E-state index >= 15 is 0 Å². The van der Waals surface area contributed by atoms with Gasteiger partial charge in [-0.2, -0.15) is 4.31 Å². The molecule has 1 aromatic heterocycles. The molecule has 2 heterocycles. The predicted molar refractivity (Wildman–Crippen MR) is 118 cm³/mol. The minimum Gasteiger partial charge on any atom is -0.350 e. The molecule has 0 N–H and O–H groups in total. The van der Waals surface area contributed by atoms with Crippen molar-refractivity contribution in [2.75, 3.05) is 26.2 Å². The Morgan fingerprint density at radius 2 is 1.53 bits per heavy atom. The van der Waals surface area contributed by atoms with Crippen molar-refractivity contribution in [3.05, 3.63) is 64.8 Å². The maximum Gasteiger partial charge on any atom is 0.256 e. The van der Waals surface area contributed by atoms with E-state index in [1.807, 2.05) is 75.0 Å². The Morgan fingerprint density at radius 1 is 0.933 bits per heavy atom. The number of aryl methyl sites for hydroxylation is 4. The zero-order valence-electron chi connectivity index (χ0n) is 17.8. The van der Waals surface area contributed by atoms with Gasteiger partial charge in [-0.3, -0.25) is 4.79 Å². The molecule has 1 saturated heterocycles. The third kappa shape index (κ3) is 3.42. The lowest BCUT2D eigenvalue weighted by Crippen LogP contribution is -2.50. The Hall–Kier alpha value is -2.64. The number of hydrogen-bond acceptors (Lipinski definition) is 3. The molecule has 1 amide bonds. The molecular weight excluding hydrogens is 398 g/mol. The molecule has 30 heavy (non-hydrogen) atoms. The predicted octanol–water partition coefficient (Wildman–Crippen LogP) is 3.25. The molecule has 1 fully saturated rings. The number of hydrogen-bond donors (Lipinski definition) is 0. The van der Waals surface area contributed by atoms with E-state index in [9.17, 15) is 13.2 Å². The minimum absolute atomic E-state index is 0.0495. The van der Waals surface area contributed by atoms with Gasteiger partial charge in [-0.05, 0) is 38.0 Å². The quantitative estimate of drug-likeness (QED) is 0.647. The van der Waals surface area contributed by atoms with Crippen LogP contribution in [0.2, 0.25) is 0 Å². The van der Waals surface area contributed by atoms with E-state index in [-0.39, 0.29) is 5.91 Å². The summed E-state index contributed by atoms with van der Waals surface area (Å²) in [5.41, 5.74) is 4.25. The van der Waals surface area contributed by atoms with Crippen LogP contribution in [0, 0.1) is 20.8 Å². The first-order valence-corrected chi connectivity index (χ1v) is 11.6. The van der Waals surface area contributed by atoms with Gasteiger partial charge in [-0.25, -0.2) is 8.42 Å². The van der Waals surface area contributed by atoms with Crippen LogP contribution in [-0.4, -0.2) is 54.3 Å². The van der Waals surface area contributed by atoms with Crippen LogP contribution in [0.4, 0.5) is 0 Å². The van der Waals surface area contributed by atoms with Gasteiger partial charge in [0, 0.05) is 50.3 Å². The lowest BCUT2D eigenvalue weighted by atomic mass is 10.1. The Morgan fingerprint density at radius 3 is 2.17 bits per heavy atom. The van der Waals surface area contributed by atoms with Crippen molar-refractivity contribution < 1.29 is 13.2 Å². The number of fused-ring (bicyclic) bond motifs is 1. The normalized spacial score (nSPS) is 15.7. The van der Waals surface area contributed by atoms with Crippen LogP contribution in [0.3, 0.4) is 0 Å². The molecule has 0 unspecified atom stereocenters. The molecule has 2 aromatic carbocycles. The molecule has 1 aliphatic heterocycles. The summed E-state index contributed by atoms with van der Waals surface area (Å²) in [6, 6.07) is 11.6. The van der Waals surface area contributed by atoms with Crippen molar-refractivity contribution in [2.45, 2.75) is 25.7 Å². The van der Waals surface area contributed by atoms with E-state index in [1.54, 1.807) is 4.90 Å². The Balaban J connectivity index is 1.54. The van der Waals surface area contributed by atoms with Gasteiger partial charge in [-0.15, -0.1) is 0 Å². The van der Waals surface area contributed by atoms with Gasteiger partial charge < -0.3 is 9.47 Å². The summed E-state index contributed by atoms with van der Waals surface area (Å²) in [5, 5.41) is 0.922. The Bertz CT molecular complexity index is 1210. The number of para-hydroxylation sites is 1. The zero-order valence-corrected chi connectivity index (χ0v) is 18.7. The lowest BCUT2D eigenvalue weighted by molar-refractivity contribution is 0.0699. The van der Waals surface area contributed by atoms with Crippen LogP contribution in [0.1, 0.15) is 27.0 Å². The SMILES string of the molecule is Cc1cc(C)c(S(=O)(=O)N2CCN(C(=O)c3cn(C)c4ccccc34)CC2)c(C)c1. The second kappa shape index (κ2) is 7.56. The molecule has 158 valence electrons. The number of sulfonamides is 1. The molecule has 0 bridgehead atoms. The molecule has 6 nitrogen and oxygen atoms in total. The van der Waals surface area contributed by atoms with Gasteiger partial charge in [0.2, 0.25) is 10.0 Å². The summed E-state index contributed by atoms with van der Waals surface area (Å²) in [4.78, 5) is 15.3. The Kier molecular flexibility index (Phi) is 5.20. The number of carbonyl (C=O) groups excluding carboxylic acids is 1. The van der Waals surface area contributed by atoms with Crippen LogP contribution in [0.15, 0.2) is 47.5 Å². The monoisotopic (exact) mass is 425 g/mol. The van der Waals surface area contributed by atoms with Gasteiger partial charge in [-0.1, -0.05) is 35.9 Å². The van der Waals surface area contributed by atoms with E-state index in [0.717, 1.165) is 27.6 Å². The minimum atomic E-state index is -3.59. The molecule has 3 aromatic rings. The van der Waals surface area contributed by atoms with E-state index in [1.165, 1.54) is 4.31 Å². The molecule has 0 atom stereocenters. The summed E-state index contributed by atoms with van der Waals surface area (Å²) < 4.78 is 30.0. The van der Waals surface area contributed by atoms with Crippen molar-refractivity contribution in [3.8, 4) is 0 Å². The average Bonchev–Trinajstić information content (AvgIpc) is 3.03. The van der Waals surface area contributed by atoms with Gasteiger partial charge in [0.1, 0.15) is 0 Å². The summed E-state index contributed by atoms with van der Waals surface area (Å²) in [7, 11) is -1.67. The first kappa shape index (κ1) is 20.6. The molecule has 0 spiro atoms. The smallest absolute Gasteiger partial charge is 0.256 e. The molecule has 7 heteroatoms. The highest BCUT2D eigenvalue weighted by Gasteiger charge is 2.33. The molecular formula is C23H27N3O3S. The van der Waals surface area contributed by atoms with E-state index < -0.39 is 10.0 Å². The molecule has 1 aliphatic rings. The first-order chi connectivity index (χ1) is 14.2. The van der Waals surface area contributed by atoms with Crippen molar-refractivity contribution in [1.82, 2.24) is 13.8 Å². The number of amides is 1.